The van der Waals surface area contributed by atoms with Gasteiger partial charge in [-0.05, 0) is 54.3 Å². The Bertz CT molecular complexity index is 1560. The number of benzene rings is 2. The first-order valence-corrected chi connectivity index (χ1v) is 11.8. The predicted octanol–water partition coefficient (Wildman–Crippen LogP) is 5.24. The summed E-state index contributed by atoms with van der Waals surface area (Å²) in [6, 6.07) is 21.8. The maximum Gasteiger partial charge on any atom is 0.269 e. The number of aryl methyl sites for hydroxylation is 1. The number of amides is 1. The number of fused-ring (bicyclic) bond motifs is 1. The van der Waals surface area contributed by atoms with Gasteiger partial charge in [-0.25, -0.2) is 9.97 Å². The second kappa shape index (κ2) is 9.50. The molecule has 0 spiro atoms. The summed E-state index contributed by atoms with van der Waals surface area (Å²) in [4.78, 5) is 21.6. The number of aromatic nitrogens is 4. The fourth-order valence-corrected chi connectivity index (χ4v) is 4.51. The fourth-order valence-electron chi connectivity index (χ4n) is 4.51. The van der Waals surface area contributed by atoms with Gasteiger partial charge >= 0.3 is 0 Å². The number of nitrogen functional groups attached to an aromatic ring is 1. The first-order valence-electron chi connectivity index (χ1n) is 11.8. The Morgan fingerprint density at radius 1 is 1.03 bits per heavy atom. The number of nitrogens with one attached hydrogen (secondary N) is 2. The van der Waals surface area contributed by atoms with Crippen molar-refractivity contribution < 1.29 is 4.79 Å². The number of nitrogens with zero attached hydrogens (tertiary/aromatic N) is 3. The van der Waals surface area contributed by atoms with Gasteiger partial charge in [-0.2, -0.15) is 5.10 Å². The van der Waals surface area contributed by atoms with Crippen LogP contribution < -0.4 is 16.8 Å². The molecular weight excluding hydrogens is 450 g/mol. The largest absolute Gasteiger partial charge is 0.396 e. The molecule has 1 atom stereocenters. The van der Waals surface area contributed by atoms with Gasteiger partial charge in [-0.3, -0.25) is 9.89 Å². The van der Waals surface area contributed by atoms with Crippen molar-refractivity contribution in [3.8, 4) is 22.5 Å². The first kappa shape index (κ1) is 23.0. The van der Waals surface area contributed by atoms with Gasteiger partial charge in [0.05, 0.1) is 34.8 Å². The van der Waals surface area contributed by atoms with Crippen LogP contribution in [0.2, 0.25) is 0 Å². The number of pyridine rings is 2. The van der Waals surface area contributed by atoms with Crippen LogP contribution in [0.5, 0.6) is 0 Å². The van der Waals surface area contributed by atoms with Crippen molar-refractivity contribution in [2.45, 2.75) is 26.3 Å². The van der Waals surface area contributed by atoms with Crippen molar-refractivity contribution >= 4 is 28.3 Å². The zero-order chi connectivity index (χ0) is 25.2. The second-order valence-corrected chi connectivity index (χ2v) is 8.69. The molecule has 0 saturated heterocycles. The third-order valence-corrected chi connectivity index (χ3v) is 6.34. The van der Waals surface area contributed by atoms with Crippen LogP contribution in [0.1, 0.15) is 41.0 Å². The SMILES string of the molecule is CCC(Nc1cccc(-c2cc(-c3c(C)ccc4[nH]ncc34)c(N)c(C(N)=O)n2)n1)c1ccccc1. The third-order valence-electron chi connectivity index (χ3n) is 6.34. The highest BCUT2D eigenvalue weighted by molar-refractivity contribution is 6.05. The summed E-state index contributed by atoms with van der Waals surface area (Å²) in [5, 5.41) is 11.6. The monoisotopic (exact) mass is 477 g/mol. The Hall–Kier alpha value is -4.72. The van der Waals surface area contributed by atoms with Crippen LogP contribution in [0, 0.1) is 6.92 Å². The predicted molar refractivity (Wildman–Crippen MR) is 143 cm³/mol. The van der Waals surface area contributed by atoms with Crippen LogP contribution in [0.25, 0.3) is 33.4 Å². The molecule has 36 heavy (non-hydrogen) atoms. The zero-order valence-electron chi connectivity index (χ0n) is 20.1. The number of nitrogens with two attached hydrogens (primary N) is 2. The topological polar surface area (TPSA) is 136 Å². The molecular formula is C28H27N7O. The molecule has 1 amide bonds. The number of H-pyrrole nitrogens is 1. The summed E-state index contributed by atoms with van der Waals surface area (Å²) >= 11 is 0. The summed E-state index contributed by atoms with van der Waals surface area (Å²) in [6.07, 6.45) is 2.64. The summed E-state index contributed by atoms with van der Waals surface area (Å²) in [5.74, 6) is 0.00847. The van der Waals surface area contributed by atoms with Gasteiger partial charge in [0, 0.05) is 10.9 Å². The minimum Gasteiger partial charge on any atom is -0.396 e. The number of hydrogen-bond donors (Lipinski definition) is 4. The number of carbonyl (C=O) groups is 1. The fraction of sp³-hybridized carbons (Fsp3) is 0.143. The molecule has 5 rings (SSSR count). The van der Waals surface area contributed by atoms with E-state index in [-0.39, 0.29) is 17.4 Å². The van der Waals surface area contributed by atoms with E-state index >= 15 is 0 Å². The van der Waals surface area contributed by atoms with Crippen LogP contribution in [-0.2, 0) is 0 Å². The van der Waals surface area contributed by atoms with Crippen molar-refractivity contribution in [3.05, 3.63) is 89.7 Å². The molecule has 0 fully saturated rings. The van der Waals surface area contributed by atoms with E-state index in [1.807, 2.05) is 61.5 Å². The minimum absolute atomic E-state index is 0.0123. The highest BCUT2D eigenvalue weighted by Gasteiger charge is 2.20. The Labute approximate surface area is 208 Å². The van der Waals surface area contributed by atoms with Gasteiger partial charge in [0.25, 0.3) is 5.91 Å². The van der Waals surface area contributed by atoms with Crippen LogP contribution in [0.4, 0.5) is 11.5 Å². The molecule has 0 aliphatic heterocycles. The maximum absolute atomic E-state index is 12.3. The van der Waals surface area contributed by atoms with E-state index in [2.05, 4.69) is 39.6 Å². The van der Waals surface area contributed by atoms with Crippen molar-refractivity contribution in [1.29, 1.82) is 0 Å². The molecule has 5 aromatic rings. The normalized spacial score (nSPS) is 11.9. The number of aromatic amines is 1. The average molecular weight is 478 g/mol. The van der Waals surface area contributed by atoms with Crippen LogP contribution in [0.15, 0.2) is 72.9 Å². The molecule has 8 heteroatoms. The summed E-state index contributed by atoms with van der Waals surface area (Å²) in [5.41, 5.74) is 18.0. The lowest BCUT2D eigenvalue weighted by atomic mass is 9.94. The molecule has 8 nitrogen and oxygen atoms in total. The molecule has 0 aliphatic carbocycles. The highest BCUT2D eigenvalue weighted by atomic mass is 16.1. The Morgan fingerprint density at radius 2 is 1.83 bits per heavy atom. The minimum atomic E-state index is -0.697. The molecule has 0 aliphatic rings. The molecule has 180 valence electrons. The number of anilines is 2. The standard InChI is InChI=1S/C28H27N7O/c1-3-20(17-8-5-4-6-9-17)32-24-11-7-10-22(33-24)23-14-18(26(29)27(34-23)28(30)36)25-16(2)12-13-21-19(25)15-31-35-21/h4-15,20H,3,29H2,1-2H3,(H2,30,36)(H,31,35)(H,32,33). The number of hydrogen-bond acceptors (Lipinski definition) is 6. The Kier molecular flexibility index (Phi) is 6.08. The lowest BCUT2D eigenvalue weighted by Crippen LogP contribution is -2.17. The molecule has 2 aromatic carbocycles. The number of primary amides is 1. The second-order valence-electron chi connectivity index (χ2n) is 8.69. The van der Waals surface area contributed by atoms with E-state index < -0.39 is 5.91 Å². The van der Waals surface area contributed by atoms with Crippen LogP contribution in [0.3, 0.4) is 0 Å². The van der Waals surface area contributed by atoms with Gasteiger partial charge in [0.2, 0.25) is 0 Å². The highest BCUT2D eigenvalue weighted by Crippen LogP contribution is 2.38. The maximum atomic E-state index is 12.3. The van der Waals surface area contributed by atoms with E-state index in [1.165, 1.54) is 5.56 Å². The lowest BCUT2D eigenvalue weighted by molar-refractivity contribution is 0.0996. The Morgan fingerprint density at radius 3 is 2.58 bits per heavy atom. The quantitative estimate of drug-likeness (QED) is 0.253. The molecule has 0 radical (unpaired) electrons. The first-order chi connectivity index (χ1) is 17.5. The van der Waals surface area contributed by atoms with Crippen molar-refractivity contribution in [3.63, 3.8) is 0 Å². The van der Waals surface area contributed by atoms with Gasteiger partial charge in [0.1, 0.15) is 5.82 Å². The van der Waals surface area contributed by atoms with Crippen molar-refractivity contribution in [2.24, 2.45) is 5.73 Å². The van der Waals surface area contributed by atoms with E-state index in [1.54, 1.807) is 6.20 Å². The van der Waals surface area contributed by atoms with Gasteiger partial charge in [0.15, 0.2) is 5.69 Å². The molecule has 0 bridgehead atoms. The van der Waals surface area contributed by atoms with E-state index in [0.717, 1.165) is 28.5 Å². The zero-order valence-corrected chi connectivity index (χ0v) is 20.1. The van der Waals surface area contributed by atoms with Crippen molar-refractivity contribution in [1.82, 2.24) is 20.2 Å². The molecule has 3 aromatic heterocycles. The summed E-state index contributed by atoms with van der Waals surface area (Å²) in [6.45, 7) is 4.11. The van der Waals surface area contributed by atoms with Crippen LogP contribution >= 0.6 is 0 Å². The Balaban J connectivity index is 1.61. The van der Waals surface area contributed by atoms with E-state index in [0.29, 0.717) is 22.8 Å². The summed E-state index contributed by atoms with van der Waals surface area (Å²) in [7, 11) is 0. The van der Waals surface area contributed by atoms with Gasteiger partial charge in [-0.15, -0.1) is 0 Å². The third kappa shape index (κ3) is 4.24. The van der Waals surface area contributed by atoms with Crippen molar-refractivity contribution in [2.75, 3.05) is 11.1 Å². The molecule has 0 saturated carbocycles. The smallest absolute Gasteiger partial charge is 0.269 e. The van der Waals surface area contributed by atoms with E-state index in [9.17, 15) is 4.79 Å². The summed E-state index contributed by atoms with van der Waals surface area (Å²) < 4.78 is 0. The van der Waals surface area contributed by atoms with Gasteiger partial charge < -0.3 is 16.8 Å². The van der Waals surface area contributed by atoms with Gasteiger partial charge in [-0.1, -0.05) is 49.4 Å². The van der Waals surface area contributed by atoms with Crippen LogP contribution in [-0.4, -0.2) is 26.1 Å². The number of carbonyl (C=O) groups excluding carboxylic acids is 1. The molecule has 1 unspecified atom stereocenters. The number of rotatable bonds is 7. The van der Waals surface area contributed by atoms with E-state index in [4.69, 9.17) is 16.5 Å². The average Bonchev–Trinajstić information content (AvgIpc) is 3.37. The molecule has 6 N–H and O–H groups in total. The lowest BCUT2D eigenvalue weighted by Gasteiger charge is -2.19. The molecule has 3 heterocycles.